The molecule has 1 aliphatic rings. The van der Waals surface area contributed by atoms with E-state index < -0.39 is 11.6 Å². The van der Waals surface area contributed by atoms with E-state index in [9.17, 15) is 9.90 Å². The number of ether oxygens (including phenoxy) is 1. The number of rotatable bonds is 6. The van der Waals surface area contributed by atoms with Crippen molar-refractivity contribution in [1.29, 1.82) is 0 Å². The lowest BCUT2D eigenvalue weighted by atomic mass is 9.82. The second-order valence-electron chi connectivity index (χ2n) is 6.72. The molecule has 0 spiro atoms. The molecule has 3 rings (SSSR count). The summed E-state index contributed by atoms with van der Waals surface area (Å²) in [4.78, 5) is 12.6. The number of carbonyl (C=O) groups excluding carboxylic acids is 1. The summed E-state index contributed by atoms with van der Waals surface area (Å²) in [6.45, 7) is 0. The number of amides is 1. The van der Waals surface area contributed by atoms with Crippen molar-refractivity contribution in [2.24, 2.45) is 0 Å². The molecule has 0 bridgehead atoms. The molecule has 1 heterocycles. The third-order valence-electron chi connectivity index (χ3n) is 4.86. The molecule has 1 aromatic carbocycles. The molecule has 1 saturated carbocycles. The fraction of sp³-hybridized carbons (Fsp3) is 0.450. The standard InChI is InChI=1S/C20H25NO4/c1-24-16-9-4-3-8-15(16)19(17-10-7-13-25-17)21-18(22)14-20(23)11-5-2-6-12-20/h3-4,7-10,13,19,23H,2,5-6,11-12,14H2,1H3,(H,21,22)/t19-/m0/s1. The van der Waals surface area contributed by atoms with Crippen molar-refractivity contribution < 1.29 is 19.1 Å². The van der Waals surface area contributed by atoms with Gasteiger partial charge >= 0.3 is 0 Å². The summed E-state index contributed by atoms with van der Waals surface area (Å²) in [5.41, 5.74) is -0.0690. The largest absolute Gasteiger partial charge is 0.496 e. The van der Waals surface area contributed by atoms with Crippen LogP contribution in [0.4, 0.5) is 0 Å². The molecule has 1 amide bonds. The van der Waals surface area contributed by atoms with Crippen LogP contribution in [0.3, 0.4) is 0 Å². The van der Waals surface area contributed by atoms with Crippen molar-refractivity contribution in [3.05, 3.63) is 54.0 Å². The van der Waals surface area contributed by atoms with Crippen LogP contribution >= 0.6 is 0 Å². The molecule has 5 nitrogen and oxygen atoms in total. The number of methoxy groups -OCH3 is 1. The summed E-state index contributed by atoms with van der Waals surface area (Å²) >= 11 is 0. The van der Waals surface area contributed by atoms with Crippen molar-refractivity contribution >= 4 is 5.91 Å². The first-order valence-corrected chi connectivity index (χ1v) is 8.79. The Balaban J connectivity index is 1.80. The van der Waals surface area contributed by atoms with Gasteiger partial charge < -0.3 is 19.6 Å². The molecule has 0 radical (unpaired) electrons. The summed E-state index contributed by atoms with van der Waals surface area (Å²) < 4.78 is 11.0. The van der Waals surface area contributed by atoms with Gasteiger partial charge in [0.05, 0.1) is 25.4 Å². The van der Waals surface area contributed by atoms with Gasteiger partial charge in [0.15, 0.2) is 0 Å². The Kier molecular flexibility index (Phi) is 5.43. The summed E-state index contributed by atoms with van der Waals surface area (Å²) in [6, 6.07) is 10.7. The van der Waals surface area contributed by atoms with E-state index >= 15 is 0 Å². The Morgan fingerprint density at radius 2 is 2.00 bits per heavy atom. The van der Waals surface area contributed by atoms with Gasteiger partial charge in [0, 0.05) is 5.56 Å². The van der Waals surface area contributed by atoms with Gasteiger partial charge in [-0.2, -0.15) is 0 Å². The molecule has 5 heteroatoms. The van der Waals surface area contributed by atoms with E-state index in [4.69, 9.17) is 9.15 Å². The average Bonchev–Trinajstić information content (AvgIpc) is 3.14. The summed E-state index contributed by atoms with van der Waals surface area (Å²) in [6.07, 6.45) is 6.12. The second kappa shape index (κ2) is 7.74. The van der Waals surface area contributed by atoms with E-state index in [-0.39, 0.29) is 12.3 Å². The van der Waals surface area contributed by atoms with Gasteiger partial charge in [0.25, 0.3) is 0 Å². The first kappa shape index (κ1) is 17.5. The van der Waals surface area contributed by atoms with Crippen LogP contribution in [0.25, 0.3) is 0 Å². The predicted octanol–water partition coefficient (Wildman–Crippen LogP) is 3.58. The zero-order chi connectivity index (χ0) is 17.7. The number of aliphatic hydroxyl groups is 1. The van der Waals surface area contributed by atoms with Gasteiger partial charge in [0.2, 0.25) is 5.91 Å². The molecule has 1 atom stereocenters. The maximum Gasteiger partial charge on any atom is 0.223 e. The van der Waals surface area contributed by atoms with Gasteiger partial charge in [-0.25, -0.2) is 0 Å². The van der Waals surface area contributed by atoms with Crippen molar-refractivity contribution in [2.45, 2.75) is 50.2 Å². The number of nitrogens with one attached hydrogen (secondary N) is 1. The van der Waals surface area contributed by atoms with E-state index in [1.807, 2.05) is 30.3 Å². The molecule has 0 aliphatic heterocycles. The van der Waals surface area contributed by atoms with E-state index in [0.717, 1.165) is 24.8 Å². The Bertz CT molecular complexity index is 689. The number of furan rings is 1. The van der Waals surface area contributed by atoms with Crippen LogP contribution in [0, 0.1) is 0 Å². The molecule has 0 unspecified atom stereocenters. The highest BCUT2D eigenvalue weighted by Crippen LogP contribution is 2.33. The second-order valence-corrected chi connectivity index (χ2v) is 6.72. The van der Waals surface area contributed by atoms with E-state index in [2.05, 4.69) is 5.32 Å². The number of carbonyl (C=O) groups is 1. The highest BCUT2D eigenvalue weighted by molar-refractivity contribution is 5.78. The number of hydrogen-bond acceptors (Lipinski definition) is 4. The topological polar surface area (TPSA) is 71.7 Å². The molecular weight excluding hydrogens is 318 g/mol. The molecule has 1 aromatic heterocycles. The van der Waals surface area contributed by atoms with E-state index in [1.54, 1.807) is 19.4 Å². The molecule has 1 aliphatic carbocycles. The van der Waals surface area contributed by atoms with Gasteiger partial charge in [-0.05, 0) is 31.0 Å². The van der Waals surface area contributed by atoms with Crippen molar-refractivity contribution in [1.82, 2.24) is 5.32 Å². The lowest BCUT2D eigenvalue weighted by Gasteiger charge is -2.32. The number of hydrogen-bond donors (Lipinski definition) is 2. The fourth-order valence-corrected chi connectivity index (χ4v) is 3.56. The smallest absolute Gasteiger partial charge is 0.223 e. The fourth-order valence-electron chi connectivity index (χ4n) is 3.56. The Morgan fingerprint density at radius 3 is 2.68 bits per heavy atom. The minimum Gasteiger partial charge on any atom is -0.496 e. The lowest BCUT2D eigenvalue weighted by Crippen LogP contribution is -2.39. The quantitative estimate of drug-likeness (QED) is 0.841. The number of para-hydroxylation sites is 1. The lowest BCUT2D eigenvalue weighted by molar-refractivity contribution is -0.128. The predicted molar refractivity (Wildman–Crippen MR) is 94.3 cm³/mol. The molecule has 0 saturated heterocycles. The maximum absolute atomic E-state index is 12.6. The molecular formula is C20H25NO4. The van der Waals surface area contributed by atoms with Gasteiger partial charge in [-0.3, -0.25) is 4.79 Å². The Morgan fingerprint density at radius 1 is 1.24 bits per heavy atom. The van der Waals surface area contributed by atoms with Crippen molar-refractivity contribution in [3.8, 4) is 5.75 Å². The molecule has 2 N–H and O–H groups in total. The third-order valence-corrected chi connectivity index (χ3v) is 4.86. The van der Waals surface area contributed by atoms with E-state index in [1.165, 1.54) is 0 Å². The monoisotopic (exact) mass is 343 g/mol. The molecule has 25 heavy (non-hydrogen) atoms. The minimum atomic E-state index is -0.892. The van der Waals surface area contributed by atoms with Crippen LogP contribution in [0.1, 0.15) is 55.9 Å². The highest BCUT2D eigenvalue weighted by atomic mass is 16.5. The van der Waals surface area contributed by atoms with Crippen LogP contribution < -0.4 is 10.1 Å². The van der Waals surface area contributed by atoms with Gasteiger partial charge in [0.1, 0.15) is 17.6 Å². The van der Waals surface area contributed by atoms with Crippen LogP contribution in [0.5, 0.6) is 5.75 Å². The molecule has 134 valence electrons. The minimum absolute atomic E-state index is 0.110. The average molecular weight is 343 g/mol. The zero-order valence-corrected chi connectivity index (χ0v) is 14.5. The van der Waals surface area contributed by atoms with E-state index in [0.29, 0.717) is 24.4 Å². The van der Waals surface area contributed by atoms with Gasteiger partial charge in [-0.1, -0.05) is 37.5 Å². The Hall–Kier alpha value is -2.27. The van der Waals surface area contributed by atoms with Crippen LogP contribution in [0.2, 0.25) is 0 Å². The zero-order valence-electron chi connectivity index (χ0n) is 14.5. The number of benzene rings is 1. The first-order chi connectivity index (χ1) is 12.1. The maximum atomic E-state index is 12.6. The van der Waals surface area contributed by atoms with Crippen molar-refractivity contribution in [2.75, 3.05) is 7.11 Å². The summed E-state index contributed by atoms with van der Waals surface area (Å²) in [5.74, 6) is 1.13. The van der Waals surface area contributed by atoms with Crippen LogP contribution in [0.15, 0.2) is 47.1 Å². The molecule has 2 aromatic rings. The SMILES string of the molecule is COc1ccccc1[C@H](NC(=O)CC1(O)CCCCC1)c1ccco1. The van der Waals surface area contributed by atoms with Crippen LogP contribution in [-0.2, 0) is 4.79 Å². The third kappa shape index (κ3) is 4.23. The molecule has 1 fully saturated rings. The first-order valence-electron chi connectivity index (χ1n) is 8.79. The van der Waals surface area contributed by atoms with Gasteiger partial charge in [-0.15, -0.1) is 0 Å². The van der Waals surface area contributed by atoms with Crippen molar-refractivity contribution in [3.63, 3.8) is 0 Å². The highest BCUT2D eigenvalue weighted by Gasteiger charge is 2.33. The summed E-state index contributed by atoms with van der Waals surface area (Å²) in [7, 11) is 1.60. The van der Waals surface area contributed by atoms with Crippen LogP contribution in [-0.4, -0.2) is 23.7 Å². The normalized spacial score (nSPS) is 17.7. The summed E-state index contributed by atoms with van der Waals surface area (Å²) in [5, 5.41) is 13.7. The Labute approximate surface area is 148 Å².